The van der Waals surface area contributed by atoms with Crippen molar-refractivity contribution in [3.8, 4) is 0 Å². The second-order valence-electron chi connectivity index (χ2n) is 5.72. The van der Waals surface area contributed by atoms with Crippen LogP contribution < -0.4 is 0 Å². The summed E-state index contributed by atoms with van der Waals surface area (Å²) in [5.41, 5.74) is -0.0139. The van der Waals surface area contributed by atoms with E-state index in [9.17, 15) is 0 Å². The van der Waals surface area contributed by atoms with Crippen molar-refractivity contribution in [2.45, 2.75) is 40.7 Å². The molecule has 0 aliphatic carbocycles. The van der Waals surface area contributed by atoms with Gasteiger partial charge in [-0.3, -0.25) is 10.3 Å². The molecule has 0 aromatic heterocycles. The summed E-state index contributed by atoms with van der Waals surface area (Å²) in [5.74, 6) is 0.783. The van der Waals surface area contributed by atoms with E-state index in [4.69, 9.17) is 5.41 Å². The van der Waals surface area contributed by atoms with Gasteiger partial charge >= 0.3 is 0 Å². The molecule has 1 heterocycles. The maximum absolute atomic E-state index is 8.12. The largest absolute Gasteiger partial charge is 0.358 e. The Morgan fingerprint density at radius 1 is 1.07 bits per heavy atom. The molecule has 1 fully saturated rings. The van der Waals surface area contributed by atoms with Gasteiger partial charge in [-0.05, 0) is 13.8 Å². The van der Waals surface area contributed by atoms with Crippen LogP contribution in [0.5, 0.6) is 0 Å². The number of rotatable bonds is 1. The van der Waals surface area contributed by atoms with E-state index in [-0.39, 0.29) is 5.41 Å². The SMILES string of the molecule is CC(C)N1CCN(C(=N)C(C)(C)C)CC1. The van der Waals surface area contributed by atoms with Crippen LogP contribution in [0.4, 0.5) is 0 Å². The zero-order valence-corrected chi connectivity index (χ0v) is 10.8. The van der Waals surface area contributed by atoms with Crippen LogP contribution in [0, 0.1) is 10.8 Å². The molecule has 0 spiro atoms. The van der Waals surface area contributed by atoms with Crippen LogP contribution >= 0.6 is 0 Å². The molecule has 3 nitrogen and oxygen atoms in total. The van der Waals surface area contributed by atoms with Gasteiger partial charge in [0, 0.05) is 37.6 Å². The number of hydrogen-bond donors (Lipinski definition) is 1. The average molecular weight is 211 g/mol. The third kappa shape index (κ3) is 3.20. The molecule has 3 heteroatoms. The van der Waals surface area contributed by atoms with Crippen LogP contribution in [0.1, 0.15) is 34.6 Å². The van der Waals surface area contributed by atoms with Gasteiger partial charge < -0.3 is 4.90 Å². The van der Waals surface area contributed by atoms with Crippen molar-refractivity contribution < 1.29 is 0 Å². The molecule has 1 rings (SSSR count). The lowest BCUT2D eigenvalue weighted by atomic mass is 9.93. The fraction of sp³-hybridized carbons (Fsp3) is 0.917. The Balaban J connectivity index is 2.48. The van der Waals surface area contributed by atoms with Crippen LogP contribution in [0.15, 0.2) is 0 Å². The molecule has 1 N–H and O–H groups in total. The Bertz CT molecular complexity index is 220. The Kier molecular flexibility index (Phi) is 3.77. The molecule has 0 unspecified atom stereocenters. The Morgan fingerprint density at radius 2 is 1.53 bits per heavy atom. The summed E-state index contributed by atoms with van der Waals surface area (Å²) in [7, 11) is 0. The van der Waals surface area contributed by atoms with Crippen molar-refractivity contribution in [3.05, 3.63) is 0 Å². The Hall–Kier alpha value is -0.570. The maximum Gasteiger partial charge on any atom is 0.101 e. The Morgan fingerprint density at radius 3 is 1.87 bits per heavy atom. The smallest absolute Gasteiger partial charge is 0.101 e. The molecule has 15 heavy (non-hydrogen) atoms. The highest BCUT2D eigenvalue weighted by Gasteiger charge is 2.26. The topological polar surface area (TPSA) is 30.3 Å². The average Bonchev–Trinajstić information content (AvgIpc) is 2.15. The zero-order chi connectivity index (χ0) is 11.6. The Labute approximate surface area is 94.0 Å². The standard InChI is InChI=1S/C12H25N3/c1-10(2)14-6-8-15(9-7-14)11(13)12(3,4)5/h10,13H,6-9H2,1-5H3. The summed E-state index contributed by atoms with van der Waals surface area (Å²) >= 11 is 0. The van der Waals surface area contributed by atoms with E-state index in [2.05, 4.69) is 44.4 Å². The van der Waals surface area contributed by atoms with Crippen molar-refractivity contribution in [2.24, 2.45) is 5.41 Å². The molecule has 0 radical (unpaired) electrons. The van der Waals surface area contributed by atoms with Crippen LogP contribution in [0.25, 0.3) is 0 Å². The van der Waals surface area contributed by atoms with E-state index in [1.807, 2.05) is 0 Å². The van der Waals surface area contributed by atoms with Gasteiger partial charge in [-0.1, -0.05) is 20.8 Å². The fourth-order valence-electron chi connectivity index (χ4n) is 1.94. The number of amidine groups is 1. The first-order valence-electron chi connectivity index (χ1n) is 5.90. The first-order valence-corrected chi connectivity index (χ1v) is 5.90. The minimum Gasteiger partial charge on any atom is -0.358 e. The van der Waals surface area contributed by atoms with Crippen molar-refractivity contribution >= 4 is 5.84 Å². The molecule has 0 aromatic carbocycles. The molecule has 1 aliphatic rings. The van der Waals surface area contributed by atoms with Gasteiger partial charge in [0.2, 0.25) is 0 Å². The molecule has 88 valence electrons. The van der Waals surface area contributed by atoms with E-state index in [0.717, 1.165) is 32.0 Å². The number of piperazine rings is 1. The highest BCUT2D eigenvalue weighted by molar-refractivity contribution is 5.84. The minimum absolute atomic E-state index is 0.0139. The lowest BCUT2D eigenvalue weighted by Crippen LogP contribution is -2.52. The lowest BCUT2D eigenvalue weighted by Gasteiger charge is -2.41. The zero-order valence-electron chi connectivity index (χ0n) is 10.8. The maximum atomic E-state index is 8.12. The quantitative estimate of drug-likeness (QED) is 0.531. The molecule has 0 atom stereocenters. The molecule has 0 saturated carbocycles. The molecule has 1 aliphatic heterocycles. The highest BCUT2D eigenvalue weighted by atomic mass is 15.3. The van der Waals surface area contributed by atoms with Gasteiger partial charge in [-0.25, -0.2) is 0 Å². The van der Waals surface area contributed by atoms with Gasteiger partial charge in [-0.15, -0.1) is 0 Å². The molecule has 1 saturated heterocycles. The third-order valence-electron chi connectivity index (χ3n) is 3.07. The predicted octanol–water partition coefficient (Wildman–Crippen LogP) is 2.04. The van der Waals surface area contributed by atoms with Gasteiger partial charge in [0.25, 0.3) is 0 Å². The summed E-state index contributed by atoms with van der Waals surface area (Å²) in [6.45, 7) is 15.0. The summed E-state index contributed by atoms with van der Waals surface area (Å²) in [6, 6.07) is 0.635. The molecular weight excluding hydrogens is 186 g/mol. The molecule has 0 aromatic rings. The lowest BCUT2D eigenvalue weighted by molar-refractivity contribution is 0.142. The van der Waals surface area contributed by atoms with Crippen LogP contribution in [-0.2, 0) is 0 Å². The van der Waals surface area contributed by atoms with Crippen LogP contribution in [0.2, 0.25) is 0 Å². The van der Waals surface area contributed by atoms with Crippen molar-refractivity contribution in [1.82, 2.24) is 9.80 Å². The van der Waals surface area contributed by atoms with Gasteiger partial charge in [0.15, 0.2) is 0 Å². The van der Waals surface area contributed by atoms with Crippen LogP contribution in [-0.4, -0.2) is 47.9 Å². The molecule has 0 amide bonds. The van der Waals surface area contributed by atoms with Crippen molar-refractivity contribution in [1.29, 1.82) is 5.41 Å². The van der Waals surface area contributed by atoms with Crippen molar-refractivity contribution in [2.75, 3.05) is 26.2 Å². The van der Waals surface area contributed by atoms with Gasteiger partial charge in [0.1, 0.15) is 5.84 Å². The van der Waals surface area contributed by atoms with E-state index >= 15 is 0 Å². The van der Waals surface area contributed by atoms with Crippen molar-refractivity contribution in [3.63, 3.8) is 0 Å². The summed E-state index contributed by atoms with van der Waals surface area (Å²) < 4.78 is 0. The van der Waals surface area contributed by atoms with Gasteiger partial charge in [0.05, 0.1) is 0 Å². The normalized spacial score (nSPS) is 19.7. The van der Waals surface area contributed by atoms with E-state index in [0.29, 0.717) is 6.04 Å². The molecule has 0 bridgehead atoms. The number of nitrogens with one attached hydrogen (secondary N) is 1. The monoisotopic (exact) mass is 211 g/mol. The highest BCUT2D eigenvalue weighted by Crippen LogP contribution is 2.19. The minimum atomic E-state index is -0.0139. The summed E-state index contributed by atoms with van der Waals surface area (Å²) in [6.07, 6.45) is 0. The first-order chi connectivity index (χ1) is 6.82. The molecular formula is C12H25N3. The summed E-state index contributed by atoms with van der Waals surface area (Å²) in [5, 5.41) is 8.12. The summed E-state index contributed by atoms with van der Waals surface area (Å²) in [4.78, 5) is 4.70. The first kappa shape index (κ1) is 12.5. The third-order valence-corrected chi connectivity index (χ3v) is 3.07. The predicted molar refractivity (Wildman–Crippen MR) is 65.5 cm³/mol. The van der Waals surface area contributed by atoms with E-state index < -0.39 is 0 Å². The number of nitrogens with zero attached hydrogens (tertiary/aromatic N) is 2. The van der Waals surface area contributed by atoms with Crippen LogP contribution in [0.3, 0.4) is 0 Å². The number of hydrogen-bond acceptors (Lipinski definition) is 2. The fourth-order valence-corrected chi connectivity index (χ4v) is 1.94. The second-order valence-corrected chi connectivity index (χ2v) is 5.72. The second kappa shape index (κ2) is 4.52. The van der Waals surface area contributed by atoms with E-state index in [1.54, 1.807) is 0 Å². The van der Waals surface area contributed by atoms with Gasteiger partial charge in [-0.2, -0.15) is 0 Å². The van der Waals surface area contributed by atoms with E-state index in [1.165, 1.54) is 0 Å².